The Kier molecular flexibility index (Phi) is 5.91. The molecule has 1 heterocycles. The van der Waals surface area contributed by atoms with Gasteiger partial charge in [-0.05, 0) is 36.4 Å². The normalized spacial score (nSPS) is 12.5. The first-order chi connectivity index (χ1) is 13.9. The van der Waals surface area contributed by atoms with Crippen molar-refractivity contribution in [1.82, 2.24) is 0 Å². The number of hydrogen-bond donors (Lipinski definition) is 1. The maximum absolute atomic E-state index is 12.4. The second-order valence-electron chi connectivity index (χ2n) is 5.79. The van der Waals surface area contributed by atoms with Gasteiger partial charge in [0.2, 0.25) is 0 Å². The van der Waals surface area contributed by atoms with Crippen LogP contribution in [0, 0.1) is 0 Å². The average Bonchev–Trinajstić information content (AvgIpc) is 2.71. The Labute approximate surface area is 163 Å². The Balaban J connectivity index is 1.65. The Morgan fingerprint density at radius 2 is 1.90 bits per heavy atom. The first-order valence-electron chi connectivity index (χ1n) is 8.27. The average molecular weight is 407 g/mol. The van der Waals surface area contributed by atoms with Gasteiger partial charge in [-0.25, -0.2) is 4.79 Å². The van der Waals surface area contributed by atoms with Crippen LogP contribution in [0.5, 0.6) is 17.2 Å². The molecule has 152 valence electrons. The van der Waals surface area contributed by atoms with Crippen LogP contribution in [-0.4, -0.2) is 44.6 Å². The number of hydrogen-bond acceptors (Lipinski definition) is 7. The van der Waals surface area contributed by atoms with E-state index >= 15 is 0 Å². The molecule has 0 unspecified atom stereocenters. The standard InChI is InChI=1S/C19H15F2NO7/c1-26-16-7-11(3-5-15(16)29-19(20)21)18(25)28-8-13(23)10-2-4-14-12(6-10)22-17(24)9-27-14/h2-7,19H,8-9H2,1H3,(H,22,24). The van der Waals surface area contributed by atoms with Gasteiger partial charge in [0.25, 0.3) is 5.91 Å². The van der Waals surface area contributed by atoms with Gasteiger partial charge in [0.05, 0.1) is 18.4 Å². The van der Waals surface area contributed by atoms with Crippen LogP contribution >= 0.6 is 0 Å². The second-order valence-corrected chi connectivity index (χ2v) is 5.79. The van der Waals surface area contributed by atoms with E-state index in [1.54, 1.807) is 0 Å². The van der Waals surface area contributed by atoms with E-state index in [-0.39, 0.29) is 35.1 Å². The Hall–Kier alpha value is -3.69. The van der Waals surface area contributed by atoms with Crippen molar-refractivity contribution in [3.63, 3.8) is 0 Å². The number of ketones is 1. The molecule has 1 aliphatic rings. The van der Waals surface area contributed by atoms with Crippen molar-refractivity contribution in [2.45, 2.75) is 6.61 Å². The predicted molar refractivity (Wildman–Crippen MR) is 94.8 cm³/mol. The molecule has 0 fully saturated rings. The van der Waals surface area contributed by atoms with Gasteiger partial charge in [0.1, 0.15) is 5.75 Å². The molecule has 2 aromatic carbocycles. The molecule has 3 rings (SSSR count). The number of amides is 1. The molecule has 0 radical (unpaired) electrons. The molecule has 1 N–H and O–H groups in total. The van der Waals surface area contributed by atoms with Crippen LogP contribution in [0.2, 0.25) is 0 Å². The fourth-order valence-corrected chi connectivity index (χ4v) is 2.54. The minimum Gasteiger partial charge on any atom is -0.493 e. The Morgan fingerprint density at radius 1 is 1.14 bits per heavy atom. The third kappa shape index (κ3) is 4.78. The van der Waals surface area contributed by atoms with E-state index in [9.17, 15) is 23.2 Å². The first kappa shape index (κ1) is 20.1. The number of Topliss-reactive ketones (excluding diaryl/α,β-unsaturated/α-hetero) is 1. The number of anilines is 1. The maximum atomic E-state index is 12.4. The maximum Gasteiger partial charge on any atom is 0.387 e. The largest absolute Gasteiger partial charge is 0.493 e. The number of alkyl halides is 2. The van der Waals surface area contributed by atoms with Crippen LogP contribution in [0.1, 0.15) is 20.7 Å². The minimum absolute atomic E-state index is 0.0117. The third-order valence-electron chi connectivity index (χ3n) is 3.88. The summed E-state index contributed by atoms with van der Waals surface area (Å²) < 4.78 is 44.1. The van der Waals surface area contributed by atoms with Crippen molar-refractivity contribution in [1.29, 1.82) is 0 Å². The highest BCUT2D eigenvalue weighted by molar-refractivity contribution is 6.02. The fourth-order valence-electron chi connectivity index (χ4n) is 2.54. The first-order valence-corrected chi connectivity index (χ1v) is 8.27. The summed E-state index contributed by atoms with van der Waals surface area (Å²) in [5.41, 5.74) is 0.542. The summed E-state index contributed by atoms with van der Waals surface area (Å²) in [7, 11) is 1.23. The van der Waals surface area contributed by atoms with Crippen molar-refractivity contribution in [2.24, 2.45) is 0 Å². The van der Waals surface area contributed by atoms with Crippen LogP contribution in [0.4, 0.5) is 14.5 Å². The van der Waals surface area contributed by atoms with Gasteiger partial charge < -0.3 is 24.3 Å². The molecule has 0 spiro atoms. The monoisotopic (exact) mass is 407 g/mol. The van der Waals surface area contributed by atoms with Crippen LogP contribution < -0.4 is 19.5 Å². The number of carbonyl (C=O) groups excluding carboxylic acids is 3. The quantitative estimate of drug-likeness (QED) is 0.556. The summed E-state index contributed by atoms with van der Waals surface area (Å²) in [4.78, 5) is 35.8. The number of halogens is 2. The van der Waals surface area contributed by atoms with Crippen molar-refractivity contribution >= 4 is 23.3 Å². The lowest BCUT2D eigenvalue weighted by Gasteiger charge is -2.18. The molecule has 1 aliphatic heterocycles. The van der Waals surface area contributed by atoms with Crippen molar-refractivity contribution in [3.8, 4) is 17.2 Å². The predicted octanol–water partition coefficient (Wildman–Crippen LogP) is 2.67. The molecule has 0 atom stereocenters. The topological polar surface area (TPSA) is 100 Å². The Bertz CT molecular complexity index is 962. The molecule has 0 saturated heterocycles. The molecule has 0 aliphatic carbocycles. The molecule has 29 heavy (non-hydrogen) atoms. The summed E-state index contributed by atoms with van der Waals surface area (Å²) in [6.07, 6.45) is 0. The van der Waals surface area contributed by atoms with Crippen molar-refractivity contribution < 1.29 is 42.1 Å². The fraction of sp³-hybridized carbons (Fsp3) is 0.211. The van der Waals surface area contributed by atoms with E-state index in [0.717, 1.165) is 12.1 Å². The highest BCUT2D eigenvalue weighted by atomic mass is 19.3. The van der Waals surface area contributed by atoms with Crippen LogP contribution in [-0.2, 0) is 9.53 Å². The zero-order valence-electron chi connectivity index (χ0n) is 15.1. The molecular weight excluding hydrogens is 392 g/mol. The van der Waals surface area contributed by atoms with Gasteiger partial charge in [0, 0.05) is 5.56 Å². The number of carbonyl (C=O) groups is 3. The summed E-state index contributed by atoms with van der Waals surface area (Å²) in [5.74, 6) is -1.61. The number of fused-ring (bicyclic) bond motifs is 1. The van der Waals surface area contributed by atoms with Crippen molar-refractivity contribution in [3.05, 3.63) is 47.5 Å². The number of ether oxygens (including phenoxy) is 4. The number of nitrogens with one attached hydrogen (secondary N) is 1. The lowest BCUT2D eigenvalue weighted by molar-refractivity contribution is -0.118. The SMILES string of the molecule is COc1cc(C(=O)OCC(=O)c2ccc3c(c2)NC(=O)CO3)ccc1OC(F)F. The van der Waals surface area contributed by atoms with Crippen LogP contribution in [0.3, 0.4) is 0 Å². The molecule has 10 heteroatoms. The van der Waals surface area contributed by atoms with E-state index in [4.69, 9.17) is 14.2 Å². The van der Waals surface area contributed by atoms with Gasteiger partial charge in [-0.3, -0.25) is 9.59 Å². The summed E-state index contributed by atoms with van der Waals surface area (Å²) in [6.45, 7) is -3.72. The summed E-state index contributed by atoms with van der Waals surface area (Å²) >= 11 is 0. The lowest BCUT2D eigenvalue weighted by atomic mass is 10.1. The number of rotatable bonds is 7. The number of benzene rings is 2. The zero-order valence-corrected chi connectivity index (χ0v) is 15.1. The summed E-state index contributed by atoms with van der Waals surface area (Å²) in [5, 5.41) is 2.57. The van der Waals surface area contributed by atoms with Gasteiger partial charge in [-0.15, -0.1) is 0 Å². The van der Waals surface area contributed by atoms with Gasteiger partial charge in [-0.2, -0.15) is 8.78 Å². The van der Waals surface area contributed by atoms with Crippen molar-refractivity contribution in [2.75, 3.05) is 25.6 Å². The smallest absolute Gasteiger partial charge is 0.387 e. The molecular formula is C19H15F2NO7. The van der Waals surface area contributed by atoms with E-state index in [0.29, 0.717) is 11.4 Å². The molecule has 2 aromatic rings. The number of esters is 1. The second kappa shape index (κ2) is 8.55. The molecule has 0 aromatic heterocycles. The highest BCUT2D eigenvalue weighted by Gasteiger charge is 2.20. The van der Waals surface area contributed by atoms with Crippen LogP contribution in [0.15, 0.2) is 36.4 Å². The summed E-state index contributed by atoms with van der Waals surface area (Å²) in [6, 6.07) is 7.93. The van der Waals surface area contributed by atoms with Gasteiger partial charge >= 0.3 is 12.6 Å². The number of methoxy groups -OCH3 is 1. The third-order valence-corrected chi connectivity index (χ3v) is 3.88. The Morgan fingerprint density at radius 3 is 2.62 bits per heavy atom. The van der Waals surface area contributed by atoms with Crippen LogP contribution in [0.25, 0.3) is 0 Å². The highest BCUT2D eigenvalue weighted by Crippen LogP contribution is 2.30. The van der Waals surface area contributed by atoms with Gasteiger partial charge in [-0.1, -0.05) is 0 Å². The molecule has 0 saturated carbocycles. The molecule has 8 nitrogen and oxygen atoms in total. The van der Waals surface area contributed by atoms with E-state index < -0.39 is 25.0 Å². The van der Waals surface area contributed by atoms with E-state index in [1.807, 2.05) is 0 Å². The minimum atomic E-state index is -3.05. The lowest BCUT2D eigenvalue weighted by Crippen LogP contribution is -2.25. The zero-order chi connectivity index (χ0) is 21.0. The molecule has 0 bridgehead atoms. The van der Waals surface area contributed by atoms with Gasteiger partial charge in [0.15, 0.2) is 30.5 Å². The molecule has 1 amide bonds. The van der Waals surface area contributed by atoms with E-state index in [1.165, 1.54) is 31.4 Å². The van der Waals surface area contributed by atoms with E-state index in [2.05, 4.69) is 10.1 Å².